The molecule has 0 saturated carbocycles. The molecule has 1 aromatic heterocycles. The SMILES string of the molecule is NC(N)=NC(=O)c1cc(C(=O)N=C(N)N(CS(=O)(=O)O)CS(=O)(=O)O)cc(-c2cc3ccccc3o2)c1. The van der Waals surface area contributed by atoms with Crippen LogP contribution >= 0.6 is 0 Å². The van der Waals surface area contributed by atoms with Crippen molar-refractivity contribution in [2.24, 2.45) is 27.2 Å². The van der Waals surface area contributed by atoms with Gasteiger partial charge in [-0.25, -0.2) is 0 Å². The van der Waals surface area contributed by atoms with Gasteiger partial charge < -0.3 is 26.5 Å². The Morgan fingerprint density at radius 1 is 0.838 bits per heavy atom. The van der Waals surface area contributed by atoms with Gasteiger partial charge in [-0.2, -0.15) is 26.8 Å². The highest BCUT2D eigenvalue weighted by Gasteiger charge is 2.23. The molecule has 37 heavy (non-hydrogen) atoms. The smallest absolute Gasteiger partial charge is 0.283 e. The lowest BCUT2D eigenvalue weighted by Crippen LogP contribution is -2.44. The zero-order chi connectivity index (χ0) is 27.5. The van der Waals surface area contributed by atoms with Gasteiger partial charge in [0.15, 0.2) is 5.96 Å². The number of amides is 2. The minimum Gasteiger partial charge on any atom is -0.456 e. The van der Waals surface area contributed by atoms with Gasteiger partial charge in [0.25, 0.3) is 32.1 Å². The third-order valence-electron chi connectivity index (χ3n) is 4.55. The Bertz CT molecular complexity index is 1590. The molecule has 0 saturated heterocycles. The van der Waals surface area contributed by atoms with Crippen molar-refractivity contribution >= 4 is 54.9 Å². The van der Waals surface area contributed by atoms with E-state index in [-0.39, 0.29) is 27.4 Å². The number of para-hydroxylation sites is 1. The Balaban J connectivity index is 2.10. The summed E-state index contributed by atoms with van der Waals surface area (Å²) in [5.41, 5.74) is 16.5. The molecule has 0 atom stereocenters. The first-order valence-corrected chi connectivity index (χ1v) is 13.1. The van der Waals surface area contributed by atoms with Crippen molar-refractivity contribution in [2.45, 2.75) is 0 Å². The van der Waals surface area contributed by atoms with Crippen LogP contribution in [0.2, 0.25) is 0 Å². The molecule has 0 bridgehead atoms. The Hall–Kier alpha value is -4.32. The number of guanidine groups is 2. The van der Waals surface area contributed by atoms with Crippen LogP contribution in [0, 0.1) is 0 Å². The lowest BCUT2D eigenvalue weighted by atomic mass is 10.0. The number of fused-ring (bicyclic) bond motifs is 1. The van der Waals surface area contributed by atoms with Crippen LogP contribution in [0.5, 0.6) is 0 Å². The third-order valence-corrected chi connectivity index (χ3v) is 5.82. The Morgan fingerprint density at radius 3 is 1.89 bits per heavy atom. The molecule has 8 N–H and O–H groups in total. The van der Waals surface area contributed by atoms with Crippen molar-refractivity contribution in [3.63, 3.8) is 0 Å². The van der Waals surface area contributed by atoms with Crippen LogP contribution in [-0.4, -0.2) is 66.3 Å². The molecule has 2 amide bonds. The fourth-order valence-corrected chi connectivity index (χ4v) is 4.48. The van der Waals surface area contributed by atoms with Crippen LogP contribution in [0.3, 0.4) is 0 Å². The second-order valence-electron chi connectivity index (χ2n) is 7.53. The molecule has 0 radical (unpaired) electrons. The van der Waals surface area contributed by atoms with E-state index in [1.165, 1.54) is 12.1 Å². The molecule has 0 aliphatic carbocycles. The zero-order valence-electron chi connectivity index (χ0n) is 18.7. The molecule has 2 aromatic carbocycles. The lowest BCUT2D eigenvalue weighted by Gasteiger charge is -2.19. The van der Waals surface area contributed by atoms with Crippen molar-refractivity contribution in [3.05, 3.63) is 59.7 Å². The Morgan fingerprint density at radius 2 is 1.38 bits per heavy atom. The van der Waals surface area contributed by atoms with Gasteiger partial charge in [0.1, 0.15) is 23.1 Å². The summed E-state index contributed by atoms with van der Waals surface area (Å²) in [4.78, 5) is 32.5. The molecule has 196 valence electrons. The number of aliphatic imine (C=N–C) groups is 2. The molecule has 0 spiro atoms. The predicted molar refractivity (Wildman–Crippen MR) is 132 cm³/mol. The standard InChI is InChI=1S/C20H20N6O9S2/c21-19(22)24-17(27)13-5-12(16-8-11-3-1-2-4-15(11)35-16)6-14(7-13)18(28)25-20(23)26(9-36(29,30)31)10-37(32,33)34/h1-8H,9-10H2,(H2,23,25,28)(H,29,30,31)(H,32,33,34)(H4,21,22,24,27). The molecular weight excluding hydrogens is 532 g/mol. The van der Waals surface area contributed by atoms with Crippen molar-refractivity contribution in [1.29, 1.82) is 0 Å². The lowest BCUT2D eigenvalue weighted by molar-refractivity contribution is 0.100. The van der Waals surface area contributed by atoms with E-state index < -0.39 is 55.7 Å². The van der Waals surface area contributed by atoms with Gasteiger partial charge in [0, 0.05) is 22.1 Å². The topological polar surface area (TPSA) is 262 Å². The van der Waals surface area contributed by atoms with E-state index in [0.717, 1.165) is 11.5 Å². The second kappa shape index (κ2) is 10.3. The van der Waals surface area contributed by atoms with Crippen molar-refractivity contribution in [1.82, 2.24) is 4.90 Å². The van der Waals surface area contributed by atoms with Crippen LogP contribution in [0.25, 0.3) is 22.3 Å². The van der Waals surface area contributed by atoms with Gasteiger partial charge in [-0.05, 0) is 30.3 Å². The van der Waals surface area contributed by atoms with Gasteiger partial charge in [-0.1, -0.05) is 18.2 Å². The highest BCUT2D eigenvalue weighted by Crippen LogP contribution is 2.29. The molecule has 0 fully saturated rings. The van der Waals surface area contributed by atoms with Gasteiger partial charge in [0.05, 0.1) is 0 Å². The largest absolute Gasteiger partial charge is 0.456 e. The normalized spacial score (nSPS) is 12.3. The average Bonchev–Trinajstić information content (AvgIpc) is 3.20. The van der Waals surface area contributed by atoms with E-state index in [9.17, 15) is 26.4 Å². The summed E-state index contributed by atoms with van der Waals surface area (Å²) in [5.74, 6) is -6.11. The van der Waals surface area contributed by atoms with E-state index >= 15 is 0 Å². The molecule has 1 heterocycles. The zero-order valence-corrected chi connectivity index (χ0v) is 20.3. The first kappa shape index (κ1) is 27.3. The summed E-state index contributed by atoms with van der Waals surface area (Å²) in [6, 6.07) is 12.3. The van der Waals surface area contributed by atoms with E-state index in [1.54, 1.807) is 30.3 Å². The summed E-state index contributed by atoms with van der Waals surface area (Å²) in [7, 11) is -9.69. The number of nitrogens with two attached hydrogens (primary N) is 3. The molecule has 0 aliphatic rings. The molecule has 15 nitrogen and oxygen atoms in total. The summed E-state index contributed by atoms with van der Waals surface area (Å²) in [6.07, 6.45) is 0. The maximum atomic E-state index is 12.9. The van der Waals surface area contributed by atoms with Crippen LogP contribution in [0.1, 0.15) is 20.7 Å². The minimum atomic E-state index is -4.84. The maximum Gasteiger partial charge on any atom is 0.283 e. The number of hydrogen-bond acceptors (Lipinski definition) is 7. The Kier molecular flexibility index (Phi) is 7.63. The fraction of sp³-hybridized carbons (Fsp3) is 0.100. The van der Waals surface area contributed by atoms with Gasteiger partial charge in [-0.15, -0.1) is 0 Å². The predicted octanol–water partition coefficient (Wildman–Crippen LogP) is -0.0391. The van der Waals surface area contributed by atoms with Gasteiger partial charge in [0.2, 0.25) is 5.96 Å². The number of rotatable bonds is 7. The highest BCUT2D eigenvalue weighted by atomic mass is 32.2. The van der Waals surface area contributed by atoms with Crippen molar-refractivity contribution < 1.29 is 39.9 Å². The van der Waals surface area contributed by atoms with Crippen molar-refractivity contribution in [3.8, 4) is 11.3 Å². The van der Waals surface area contributed by atoms with Crippen molar-refractivity contribution in [2.75, 3.05) is 11.8 Å². The summed E-state index contributed by atoms with van der Waals surface area (Å²) in [6.45, 7) is 0. The average molecular weight is 553 g/mol. The first-order valence-electron chi connectivity index (χ1n) is 9.93. The van der Waals surface area contributed by atoms with Crippen LogP contribution < -0.4 is 17.2 Å². The number of carbonyl (C=O) groups is 2. The van der Waals surface area contributed by atoms with E-state index in [4.69, 9.17) is 30.7 Å². The number of nitrogens with zero attached hydrogens (tertiary/aromatic N) is 3. The highest BCUT2D eigenvalue weighted by molar-refractivity contribution is 7.86. The Labute approximate surface area is 209 Å². The minimum absolute atomic E-state index is 0.156. The second-order valence-corrected chi connectivity index (χ2v) is 10.4. The summed E-state index contributed by atoms with van der Waals surface area (Å²) in [5, 5.41) is 0.722. The van der Waals surface area contributed by atoms with Crippen LogP contribution in [-0.2, 0) is 20.2 Å². The fourth-order valence-electron chi connectivity index (χ4n) is 3.13. The molecule has 0 unspecified atom stereocenters. The molecule has 3 rings (SSSR count). The molecule has 0 aliphatic heterocycles. The third kappa shape index (κ3) is 7.58. The number of carbonyl (C=O) groups excluding carboxylic acids is 2. The van der Waals surface area contributed by atoms with Crippen LogP contribution in [0.4, 0.5) is 0 Å². The van der Waals surface area contributed by atoms with Crippen LogP contribution in [0.15, 0.2) is 62.9 Å². The van der Waals surface area contributed by atoms with E-state index in [2.05, 4.69) is 9.98 Å². The quantitative estimate of drug-likeness (QED) is 0.146. The van der Waals surface area contributed by atoms with E-state index in [0.29, 0.717) is 5.58 Å². The van der Waals surface area contributed by atoms with Gasteiger partial charge >= 0.3 is 0 Å². The summed E-state index contributed by atoms with van der Waals surface area (Å²) >= 11 is 0. The molecular formula is C20H20N6O9S2. The number of benzene rings is 2. The van der Waals surface area contributed by atoms with Gasteiger partial charge in [-0.3, -0.25) is 18.7 Å². The number of furan rings is 1. The monoisotopic (exact) mass is 552 g/mol. The summed E-state index contributed by atoms with van der Waals surface area (Å²) < 4.78 is 68.8. The first-order chi connectivity index (χ1) is 17.1. The maximum absolute atomic E-state index is 12.9. The molecule has 3 aromatic rings. The number of hydrogen-bond donors (Lipinski definition) is 5. The molecule has 17 heteroatoms. The van der Waals surface area contributed by atoms with E-state index in [1.807, 2.05) is 0 Å².